The molecule has 0 spiro atoms. The number of benzene rings is 2. The molecule has 1 unspecified atom stereocenters. The summed E-state index contributed by atoms with van der Waals surface area (Å²) in [6.45, 7) is 2.02. The van der Waals surface area contributed by atoms with Gasteiger partial charge in [0.1, 0.15) is 11.9 Å². The number of halogens is 1. The van der Waals surface area contributed by atoms with E-state index < -0.39 is 11.5 Å². The molecule has 0 fully saturated rings. The van der Waals surface area contributed by atoms with Gasteiger partial charge in [0, 0.05) is 10.4 Å². The van der Waals surface area contributed by atoms with Crippen LogP contribution in [-0.4, -0.2) is 19.6 Å². The number of thiophene rings is 1. The summed E-state index contributed by atoms with van der Waals surface area (Å²) in [5.74, 6) is 0.833. The number of hydrogen-bond donors (Lipinski definition) is 0. The molecular formula is C26H15ClN4O3S. The average Bonchev–Trinajstić information content (AvgIpc) is 3.49. The van der Waals surface area contributed by atoms with E-state index in [1.54, 1.807) is 34.3 Å². The SMILES string of the molecule is Cc1ccsc1C1c2c(c3ccccc3oc2=O)Oc2ncn3nc(-c4ccccc4Cl)nc3c21. The van der Waals surface area contributed by atoms with Crippen molar-refractivity contribution < 1.29 is 9.15 Å². The highest BCUT2D eigenvalue weighted by Gasteiger charge is 2.38. The van der Waals surface area contributed by atoms with Gasteiger partial charge in [-0.3, -0.25) is 0 Å². The molecule has 2 aromatic carbocycles. The van der Waals surface area contributed by atoms with Crippen molar-refractivity contribution in [1.29, 1.82) is 0 Å². The molecule has 1 atom stereocenters. The van der Waals surface area contributed by atoms with Gasteiger partial charge in [0.2, 0.25) is 5.88 Å². The zero-order valence-electron chi connectivity index (χ0n) is 18.2. The highest BCUT2D eigenvalue weighted by molar-refractivity contribution is 7.10. The van der Waals surface area contributed by atoms with E-state index >= 15 is 0 Å². The number of nitrogens with zero attached hydrogens (tertiary/aromatic N) is 4. The summed E-state index contributed by atoms with van der Waals surface area (Å²) in [5.41, 5.74) is 3.41. The number of para-hydroxylation sites is 1. The van der Waals surface area contributed by atoms with Crippen molar-refractivity contribution in [2.75, 3.05) is 0 Å². The number of ether oxygens (including phenoxy) is 1. The van der Waals surface area contributed by atoms with Crippen LogP contribution >= 0.6 is 22.9 Å². The summed E-state index contributed by atoms with van der Waals surface area (Å²) < 4.78 is 13.6. The van der Waals surface area contributed by atoms with Gasteiger partial charge in [-0.2, -0.15) is 0 Å². The second-order valence-corrected chi connectivity index (χ2v) is 9.63. The van der Waals surface area contributed by atoms with Gasteiger partial charge in [0.15, 0.2) is 17.2 Å². The maximum absolute atomic E-state index is 13.4. The Morgan fingerprint density at radius 1 is 1.06 bits per heavy atom. The highest BCUT2D eigenvalue weighted by atomic mass is 35.5. The third-order valence-corrected chi connectivity index (χ3v) is 7.65. The smallest absolute Gasteiger partial charge is 0.344 e. The molecule has 0 saturated carbocycles. The Bertz CT molecular complexity index is 1860. The van der Waals surface area contributed by atoms with E-state index in [4.69, 9.17) is 25.7 Å². The second kappa shape index (κ2) is 7.49. The standard InChI is InChI=1S/C26H15ClN4O3S/c1-13-10-11-35-22(13)18-19-21(15-7-3-5-9-17(15)33-26(19)32)34-25-20(18)24-29-23(30-31(24)12-28-25)14-6-2-4-8-16(14)27/h2-12,18H,1H3. The maximum atomic E-state index is 13.4. The summed E-state index contributed by atoms with van der Waals surface area (Å²) in [6.07, 6.45) is 1.57. The number of fused-ring (bicyclic) bond motifs is 6. The van der Waals surface area contributed by atoms with E-state index in [0.717, 1.165) is 10.4 Å². The number of aryl methyl sites for hydroxylation is 1. The van der Waals surface area contributed by atoms with Crippen LogP contribution in [0.25, 0.3) is 28.0 Å². The van der Waals surface area contributed by atoms with E-state index in [-0.39, 0.29) is 0 Å². The fraction of sp³-hybridized carbons (Fsp3) is 0.0769. The summed E-state index contributed by atoms with van der Waals surface area (Å²) in [6, 6.07) is 16.8. The Hall–Kier alpha value is -4.01. The Kier molecular flexibility index (Phi) is 4.36. The normalized spacial score (nSPS) is 14.6. The van der Waals surface area contributed by atoms with Gasteiger partial charge >= 0.3 is 5.63 Å². The van der Waals surface area contributed by atoms with Gasteiger partial charge in [0.25, 0.3) is 0 Å². The molecule has 170 valence electrons. The van der Waals surface area contributed by atoms with Gasteiger partial charge in [-0.25, -0.2) is 19.3 Å². The van der Waals surface area contributed by atoms with Crippen LogP contribution in [0.15, 0.2) is 75.5 Å². The molecule has 1 aliphatic heterocycles. The largest absolute Gasteiger partial charge is 0.437 e. The average molecular weight is 499 g/mol. The van der Waals surface area contributed by atoms with E-state index in [1.165, 1.54) is 0 Å². The monoisotopic (exact) mass is 498 g/mol. The third-order valence-electron chi connectivity index (χ3n) is 6.24. The molecule has 4 aromatic heterocycles. The van der Waals surface area contributed by atoms with E-state index in [0.29, 0.717) is 55.8 Å². The van der Waals surface area contributed by atoms with E-state index in [9.17, 15) is 4.79 Å². The molecule has 0 amide bonds. The van der Waals surface area contributed by atoms with E-state index in [2.05, 4.69) is 10.1 Å². The van der Waals surface area contributed by atoms with Crippen molar-refractivity contribution in [3.05, 3.63) is 103 Å². The third kappa shape index (κ3) is 2.97. The molecule has 6 aromatic rings. The van der Waals surface area contributed by atoms with Gasteiger partial charge < -0.3 is 9.15 Å². The van der Waals surface area contributed by atoms with Crippen molar-refractivity contribution in [3.8, 4) is 23.0 Å². The Balaban J connectivity index is 1.57. The summed E-state index contributed by atoms with van der Waals surface area (Å²) in [7, 11) is 0. The number of hydrogen-bond acceptors (Lipinski definition) is 7. The fourth-order valence-electron chi connectivity index (χ4n) is 4.63. The maximum Gasteiger partial charge on any atom is 0.344 e. The molecule has 5 heterocycles. The van der Waals surface area contributed by atoms with Gasteiger partial charge in [-0.1, -0.05) is 35.9 Å². The second-order valence-electron chi connectivity index (χ2n) is 8.28. The first kappa shape index (κ1) is 20.4. The molecule has 7 rings (SSSR count). The van der Waals surface area contributed by atoms with Crippen molar-refractivity contribution in [1.82, 2.24) is 19.6 Å². The molecule has 0 aliphatic carbocycles. The lowest BCUT2D eigenvalue weighted by Crippen LogP contribution is -2.22. The van der Waals surface area contributed by atoms with Crippen LogP contribution in [0.3, 0.4) is 0 Å². The summed E-state index contributed by atoms with van der Waals surface area (Å²) in [4.78, 5) is 23.8. The molecule has 1 aliphatic rings. The molecule has 9 heteroatoms. The summed E-state index contributed by atoms with van der Waals surface area (Å²) in [5, 5.41) is 7.89. The van der Waals surface area contributed by atoms with Crippen LogP contribution in [0.1, 0.15) is 27.5 Å². The molecule has 0 N–H and O–H groups in total. The van der Waals surface area contributed by atoms with Crippen molar-refractivity contribution in [2.45, 2.75) is 12.8 Å². The van der Waals surface area contributed by atoms with Crippen LogP contribution in [0.2, 0.25) is 5.02 Å². The minimum Gasteiger partial charge on any atom is -0.437 e. The molecule has 0 bridgehead atoms. The molecule has 35 heavy (non-hydrogen) atoms. The predicted octanol–water partition coefficient (Wildman–Crippen LogP) is 6.21. The van der Waals surface area contributed by atoms with Gasteiger partial charge in [-0.05, 0) is 48.2 Å². The van der Waals surface area contributed by atoms with Gasteiger partial charge in [0.05, 0.1) is 27.5 Å². The first-order valence-corrected chi connectivity index (χ1v) is 12.1. The first-order chi connectivity index (χ1) is 17.1. The van der Waals surface area contributed by atoms with Gasteiger partial charge in [-0.15, -0.1) is 16.4 Å². The topological polar surface area (TPSA) is 82.5 Å². The number of rotatable bonds is 2. The van der Waals surface area contributed by atoms with Crippen LogP contribution in [-0.2, 0) is 0 Å². The Labute approximate surface area is 207 Å². The molecule has 0 radical (unpaired) electrons. The fourth-order valence-corrected chi connectivity index (χ4v) is 5.89. The van der Waals surface area contributed by atoms with Crippen LogP contribution in [0.5, 0.6) is 11.6 Å². The predicted molar refractivity (Wildman–Crippen MR) is 134 cm³/mol. The summed E-state index contributed by atoms with van der Waals surface area (Å²) >= 11 is 7.99. The zero-order chi connectivity index (χ0) is 23.7. The Morgan fingerprint density at radius 3 is 2.71 bits per heavy atom. The van der Waals surface area contributed by atoms with E-state index in [1.807, 2.05) is 54.8 Å². The van der Waals surface area contributed by atoms with Crippen LogP contribution < -0.4 is 10.4 Å². The molecular weight excluding hydrogens is 484 g/mol. The quantitative estimate of drug-likeness (QED) is 0.264. The van der Waals surface area contributed by atoms with Crippen molar-refractivity contribution >= 4 is 39.6 Å². The first-order valence-electron chi connectivity index (χ1n) is 10.9. The van der Waals surface area contributed by atoms with Crippen LogP contribution in [0, 0.1) is 6.92 Å². The zero-order valence-corrected chi connectivity index (χ0v) is 19.8. The number of aromatic nitrogens is 4. The van der Waals surface area contributed by atoms with Crippen molar-refractivity contribution in [2.24, 2.45) is 0 Å². The van der Waals surface area contributed by atoms with Crippen LogP contribution in [0.4, 0.5) is 0 Å². The Morgan fingerprint density at radius 2 is 1.89 bits per heavy atom. The molecule has 0 saturated heterocycles. The van der Waals surface area contributed by atoms with Crippen molar-refractivity contribution in [3.63, 3.8) is 0 Å². The highest BCUT2D eigenvalue weighted by Crippen LogP contribution is 2.50. The lowest BCUT2D eigenvalue weighted by molar-refractivity contribution is 0.423. The molecule has 7 nitrogen and oxygen atoms in total. The minimum atomic E-state index is -0.478. The minimum absolute atomic E-state index is 0.386. The lowest BCUT2D eigenvalue weighted by atomic mass is 9.87. The lowest BCUT2D eigenvalue weighted by Gasteiger charge is -2.26.